The van der Waals surface area contributed by atoms with Gasteiger partial charge in [-0.2, -0.15) is 0 Å². The highest BCUT2D eigenvalue weighted by Gasteiger charge is 2.70. The van der Waals surface area contributed by atoms with Gasteiger partial charge in [-0.25, -0.2) is 0 Å². The van der Waals surface area contributed by atoms with Crippen LogP contribution in [0.15, 0.2) is 36.4 Å². The Morgan fingerprint density at radius 2 is 1.93 bits per heavy atom. The number of likely N-dealkylation sites (tertiary alicyclic amines) is 1. The molecule has 1 saturated heterocycles. The average molecular weight is 385 g/mol. The summed E-state index contributed by atoms with van der Waals surface area (Å²) >= 11 is 0. The number of nitrogens with zero attached hydrogens (tertiary/aromatic N) is 2. The number of likely N-dealkylation sites (N-methyl/N-ethyl adjacent to an activating group) is 1. The Morgan fingerprint density at radius 3 is 2.79 bits per heavy atom. The summed E-state index contributed by atoms with van der Waals surface area (Å²) in [6.07, 6.45) is 3.60. The van der Waals surface area contributed by atoms with Crippen molar-refractivity contribution in [3.63, 3.8) is 0 Å². The van der Waals surface area contributed by atoms with Crippen molar-refractivity contribution in [1.29, 1.82) is 0 Å². The monoisotopic (exact) mass is 384 g/mol. The number of benzene rings is 2. The van der Waals surface area contributed by atoms with Crippen LogP contribution in [0.2, 0.25) is 0 Å². The van der Waals surface area contributed by atoms with Gasteiger partial charge in [0.2, 0.25) is 0 Å². The predicted octanol–water partition coefficient (Wildman–Crippen LogP) is 4.68. The molecule has 1 aromatic heterocycles. The summed E-state index contributed by atoms with van der Waals surface area (Å²) in [6.45, 7) is 5.96. The van der Waals surface area contributed by atoms with Gasteiger partial charge in [-0.1, -0.05) is 37.3 Å². The van der Waals surface area contributed by atoms with Crippen LogP contribution in [-0.4, -0.2) is 29.1 Å². The van der Waals surface area contributed by atoms with Crippen molar-refractivity contribution in [2.24, 2.45) is 12.5 Å². The van der Waals surface area contributed by atoms with Gasteiger partial charge in [0.05, 0.1) is 11.1 Å². The molecule has 0 amide bonds. The fraction of sp³-hybridized carbons (Fsp3) is 0.462. The molecule has 3 nitrogen and oxygen atoms in total. The zero-order valence-electron chi connectivity index (χ0n) is 17.7. The van der Waals surface area contributed by atoms with E-state index in [9.17, 15) is 0 Å². The normalized spacial score (nSPS) is 34.1. The minimum Gasteiger partial charge on any atom is -0.483 e. The van der Waals surface area contributed by atoms with Crippen LogP contribution in [0.1, 0.15) is 47.4 Å². The first kappa shape index (κ1) is 16.5. The molecular weight excluding hydrogens is 356 g/mol. The topological polar surface area (TPSA) is 17.4 Å². The van der Waals surface area contributed by atoms with Crippen molar-refractivity contribution in [2.45, 2.75) is 50.7 Å². The van der Waals surface area contributed by atoms with Crippen LogP contribution in [0.25, 0.3) is 10.9 Å². The van der Waals surface area contributed by atoms with Crippen molar-refractivity contribution < 1.29 is 4.74 Å². The van der Waals surface area contributed by atoms with Gasteiger partial charge in [0.1, 0.15) is 11.9 Å². The fourth-order valence-electron chi connectivity index (χ4n) is 7.84. The highest BCUT2D eigenvalue weighted by Crippen LogP contribution is 2.71. The lowest BCUT2D eigenvalue weighted by Crippen LogP contribution is -2.68. The standard InChI is InChI=1S/C26H28N2O/c1-15-9-10-16-13-20-25(2)14-18-17-7-5-6-8-19(17)28(4)22(18)24-26(25,11-12-27(20)3)21(16)23(15)29-24/h5-10,20,24H,11-14H2,1-4H3/t20-,24+,25+,26+/m1/s1. The zero-order valence-corrected chi connectivity index (χ0v) is 17.7. The molecule has 4 atom stereocenters. The van der Waals surface area contributed by atoms with Crippen molar-refractivity contribution in [3.8, 4) is 5.75 Å². The molecule has 2 aromatic carbocycles. The third-order valence-corrected chi connectivity index (χ3v) is 9.18. The molecule has 1 spiro atoms. The highest BCUT2D eigenvalue weighted by molar-refractivity contribution is 5.87. The van der Waals surface area contributed by atoms with Crippen LogP contribution in [0.5, 0.6) is 5.75 Å². The summed E-state index contributed by atoms with van der Waals surface area (Å²) in [4.78, 5) is 2.64. The lowest BCUT2D eigenvalue weighted by Gasteiger charge is -2.64. The van der Waals surface area contributed by atoms with Crippen molar-refractivity contribution >= 4 is 10.9 Å². The Bertz CT molecular complexity index is 1220. The molecule has 4 aliphatic rings. The summed E-state index contributed by atoms with van der Waals surface area (Å²) < 4.78 is 9.44. The Morgan fingerprint density at radius 1 is 1.10 bits per heavy atom. The number of hydrogen-bond acceptors (Lipinski definition) is 2. The molecule has 0 radical (unpaired) electrons. The smallest absolute Gasteiger partial charge is 0.149 e. The van der Waals surface area contributed by atoms with E-state index in [1.807, 2.05) is 0 Å². The Hall–Kier alpha value is -2.26. The van der Waals surface area contributed by atoms with Crippen molar-refractivity contribution in [1.82, 2.24) is 9.47 Å². The lowest BCUT2D eigenvalue weighted by atomic mass is 9.44. The number of rotatable bonds is 0. The minimum atomic E-state index is 0.0915. The van der Waals surface area contributed by atoms with Gasteiger partial charge >= 0.3 is 0 Å². The summed E-state index contributed by atoms with van der Waals surface area (Å²) in [6, 6.07) is 14.2. The van der Waals surface area contributed by atoms with E-state index in [1.165, 1.54) is 45.5 Å². The molecule has 3 heterocycles. The molecule has 0 unspecified atom stereocenters. The molecule has 29 heavy (non-hydrogen) atoms. The second kappa shape index (κ2) is 4.89. The van der Waals surface area contributed by atoms with Crippen LogP contribution in [-0.2, 0) is 25.3 Å². The van der Waals surface area contributed by atoms with E-state index in [0.29, 0.717) is 6.04 Å². The lowest BCUT2D eigenvalue weighted by molar-refractivity contribution is -0.0912. The van der Waals surface area contributed by atoms with Gasteiger partial charge < -0.3 is 14.2 Å². The molecule has 3 heteroatoms. The molecule has 3 aromatic rings. The SMILES string of the molecule is Cc1ccc2c3c1O[C@H]1c4c(c5ccccc5n4C)C[C@@]4(C)[C@@H](C2)N(C)CC[C@]314. The number of aromatic nitrogens is 1. The van der Waals surface area contributed by atoms with Crippen LogP contribution < -0.4 is 4.74 Å². The molecule has 2 aliphatic heterocycles. The number of hydrogen-bond donors (Lipinski definition) is 0. The number of piperidine rings is 1. The van der Waals surface area contributed by atoms with Gasteiger partial charge in [0.25, 0.3) is 0 Å². The van der Waals surface area contributed by atoms with E-state index in [-0.39, 0.29) is 16.9 Å². The summed E-state index contributed by atoms with van der Waals surface area (Å²) in [5, 5.41) is 1.42. The number of fused-ring (bicyclic) bond motifs is 4. The van der Waals surface area contributed by atoms with E-state index >= 15 is 0 Å². The quantitative estimate of drug-likeness (QED) is 0.560. The summed E-state index contributed by atoms with van der Waals surface area (Å²) in [5.41, 5.74) is 8.97. The minimum absolute atomic E-state index is 0.0915. The molecule has 2 aliphatic carbocycles. The predicted molar refractivity (Wildman–Crippen MR) is 116 cm³/mol. The van der Waals surface area contributed by atoms with Crippen LogP contribution in [0, 0.1) is 12.3 Å². The van der Waals surface area contributed by atoms with Gasteiger partial charge in [-0.3, -0.25) is 0 Å². The third kappa shape index (κ3) is 1.58. The number of aryl methyl sites for hydroxylation is 2. The molecular formula is C26H28N2O. The third-order valence-electron chi connectivity index (χ3n) is 9.18. The number of para-hydroxylation sites is 1. The molecule has 0 saturated carbocycles. The first-order chi connectivity index (χ1) is 14.0. The van der Waals surface area contributed by atoms with Crippen LogP contribution >= 0.6 is 0 Å². The van der Waals surface area contributed by atoms with Gasteiger partial charge in [-0.05, 0) is 62.5 Å². The van der Waals surface area contributed by atoms with E-state index in [2.05, 4.69) is 73.8 Å². The summed E-state index contributed by atoms with van der Waals surface area (Å²) in [7, 11) is 4.59. The maximum atomic E-state index is 7.01. The zero-order chi connectivity index (χ0) is 19.7. The van der Waals surface area contributed by atoms with Crippen LogP contribution in [0.3, 0.4) is 0 Å². The first-order valence-corrected chi connectivity index (χ1v) is 11.0. The Kier molecular flexibility index (Phi) is 2.79. The maximum absolute atomic E-state index is 7.01. The van der Waals surface area contributed by atoms with Crippen molar-refractivity contribution in [2.75, 3.05) is 13.6 Å². The fourth-order valence-corrected chi connectivity index (χ4v) is 7.84. The largest absolute Gasteiger partial charge is 0.483 e. The highest BCUT2D eigenvalue weighted by atomic mass is 16.5. The van der Waals surface area contributed by atoms with E-state index < -0.39 is 0 Å². The molecule has 148 valence electrons. The van der Waals surface area contributed by atoms with Gasteiger partial charge in [0.15, 0.2) is 0 Å². The number of ether oxygens (including phenoxy) is 1. The maximum Gasteiger partial charge on any atom is 0.149 e. The van der Waals surface area contributed by atoms with E-state index in [1.54, 1.807) is 5.56 Å². The molecule has 7 rings (SSSR count). The Labute approximate surface area is 172 Å². The second-order valence-electron chi connectivity index (χ2n) is 10.2. The van der Waals surface area contributed by atoms with Crippen molar-refractivity contribution in [3.05, 3.63) is 64.3 Å². The summed E-state index contributed by atoms with van der Waals surface area (Å²) in [5.74, 6) is 1.19. The first-order valence-electron chi connectivity index (χ1n) is 11.0. The average Bonchev–Trinajstić information content (AvgIpc) is 3.19. The second-order valence-corrected chi connectivity index (χ2v) is 10.2. The van der Waals surface area contributed by atoms with E-state index in [4.69, 9.17) is 4.74 Å². The van der Waals surface area contributed by atoms with Gasteiger partial charge in [0, 0.05) is 35.0 Å². The molecule has 1 fully saturated rings. The molecule has 0 N–H and O–H groups in total. The Balaban J connectivity index is 1.64. The molecule has 2 bridgehead atoms. The van der Waals surface area contributed by atoms with E-state index in [0.717, 1.165) is 19.4 Å². The van der Waals surface area contributed by atoms with Gasteiger partial charge in [-0.15, -0.1) is 0 Å². The van der Waals surface area contributed by atoms with Crippen LogP contribution in [0.4, 0.5) is 0 Å².